The maximum Gasteiger partial charge on any atom is 0.309 e. The number of aliphatic hydroxyl groups is 2. The summed E-state index contributed by atoms with van der Waals surface area (Å²) in [5.41, 5.74) is 3.00. The normalized spacial score (nSPS) is 38.2. The minimum atomic E-state index is -1.21. The molecule has 1 saturated carbocycles. The molecule has 0 aromatic heterocycles. The lowest BCUT2D eigenvalue weighted by atomic mass is 9.73. The lowest BCUT2D eigenvalue weighted by Crippen LogP contribution is -2.45. The number of hydrogen-bond donors (Lipinski definition) is 2. The monoisotopic (exact) mass is 499 g/mol. The highest BCUT2D eigenvalue weighted by molar-refractivity contribution is 5.89. The van der Waals surface area contributed by atoms with Gasteiger partial charge in [0.25, 0.3) is 0 Å². The molecule has 1 aliphatic carbocycles. The van der Waals surface area contributed by atoms with Gasteiger partial charge in [-0.25, -0.2) is 0 Å². The number of esters is 1. The van der Waals surface area contributed by atoms with Crippen LogP contribution in [0.2, 0.25) is 0 Å². The summed E-state index contributed by atoms with van der Waals surface area (Å²) in [4.78, 5) is 30.9. The van der Waals surface area contributed by atoms with Gasteiger partial charge < -0.3 is 14.9 Å². The summed E-state index contributed by atoms with van der Waals surface area (Å²) < 4.78 is 5.88. The molecule has 1 unspecified atom stereocenters. The molecule has 36 heavy (non-hydrogen) atoms. The number of rotatable bonds is 2. The van der Waals surface area contributed by atoms with E-state index >= 15 is 0 Å². The van der Waals surface area contributed by atoms with E-state index in [-0.39, 0.29) is 18.1 Å². The van der Waals surface area contributed by atoms with E-state index in [1.165, 1.54) is 5.57 Å². The van der Waals surface area contributed by atoms with Crippen molar-refractivity contribution in [2.24, 2.45) is 34.1 Å². The molecule has 6 heteroatoms. The van der Waals surface area contributed by atoms with Gasteiger partial charge in [-0.1, -0.05) is 45.4 Å². The van der Waals surface area contributed by atoms with Crippen LogP contribution < -0.4 is 0 Å². The van der Waals surface area contributed by atoms with Crippen molar-refractivity contribution in [3.63, 3.8) is 0 Å². The van der Waals surface area contributed by atoms with Crippen molar-refractivity contribution in [2.75, 3.05) is 0 Å². The first-order valence-corrected chi connectivity index (χ1v) is 13.5. The Morgan fingerprint density at radius 2 is 1.89 bits per heavy atom. The van der Waals surface area contributed by atoms with Gasteiger partial charge in [-0.2, -0.15) is 0 Å². The van der Waals surface area contributed by atoms with Crippen molar-refractivity contribution >= 4 is 17.5 Å². The molecular formula is C30H45NO5. The fraction of sp³-hybridized carbons (Fsp3) is 0.700. The van der Waals surface area contributed by atoms with Crippen LogP contribution in [0.5, 0.6) is 0 Å². The number of ether oxygens (including phenoxy) is 1. The number of allylic oxidation sites excluding steroid dienone is 3. The maximum absolute atomic E-state index is 13.2. The summed E-state index contributed by atoms with van der Waals surface area (Å²) in [6.45, 7) is 13.1. The van der Waals surface area contributed by atoms with Crippen LogP contribution in [0.15, 0.2) is 40.1 Å². The maximum atomic E-state index is 13.2. The molecule has 0 spiro atoms. The number of nitrogens with zero attached hydrogens (tertiary/aromatic N) is 1. The molecule has 0 aromatic rings. The number of carbonyl (C=O) groups is 2. The third kappa shape index (κ3) is 6.83. The predicted molar refractivity (Wildman–Crippen MR) is 142 cm³/mol. The predicted octanol–water partition coefficient (Wildman–Crippen LogP) is 5.34. The van der Waals surface area contributed by atoms with Crippen LogP contribution in [0.3, 0.4) is 0 Å². The first-order chi connectivity index (χ1) is 16.8. The van der Waals surface area contributed by atoms with Gasteiger partial charge in [0.05, 0.1) is 29.7 Å². The molecule has 0 bridgehead atoms. The van der Waals surface area contributed by atoms with Gasteiger partial charge in [0.2, 0.25) is 0 Å². The zero-order valence-electron chi connectivity index (χ0n) is 23.1. The topological polar surface area (TPSA) is 96.2 Å². The molecule has 2 heterocycles. The standard InChI is InChI=1S/C30H45NO5/c1-17-9-8-10-18(2)28(34)20(4)29(35)30(6,7)26(32)16-27(33)36-25(12-11-17)19(3)13-23-14-22-15-24(22)21(5)31-23/h11,13-14,18,20,22,24-26,28,32,34H,8-10,12,15-16H2,1-7H3/b17-11-,19-13+/t18-,20+,22?,24+,25-,26-,28-/m0/s1. The van der Waals surface area contributed by atoms with Crippen molar-refractivity contribution < 1.29 is 24.5 Å². The van der Waals surface area contributed by atoms with Crippen molar-refractivity contribution in [3.8, 4) is 0 Å². The van der Waals surface area contributed by atoms with E-state index in [1.54, 1.807) is 20.8 Å². The SMILES string of the molecule is CC1=NC(/C=C(\C)[C@@H]2C/C=C(/C)CCC[C@H](C)[C@H](O)[C@@H](C)C(=O)C(C)(C)[C@@H](O)CC(=O)O2)=CC2C[C@H]12. The van der Waals surface area contributed by atoms with Crippen molar-refractivity contribution in [1.82, 2.24) is 0 Å². The quantitative estimate of drug-likeness (QED) is 0.395. The summed E-state index contributed by atoms with van der Waals surface area (Å²) >= 11 is 0. The zero-order valence-corrected chi connectivity index (χ0v) is 23.1. The Labute approximate surface area is 216 Å². The van der Waals surface area contributed by atoms with E-state index in [9.17, 15) is 19.8 Å². The Bertz CT molecular complexity index is 972. The molecule has 3 aliphatic rings. The molecule has 200 valence electrons. The minimum Gasteiger partial charge on any atom is -0.457 e. The lowest BCUT2D eigenvalue weighted by molar-refractivity contribution is -0.154. The van der Waals surface area contributed by atoms with E-state index in [0.717, 1.165) is 42.7 Å². The average Bonchev–Trinajstić information content (AvgIpc) is 3.59. The Balaban J connectivity index is 1.84. The van der Waals surface area contributed by atoms with E-state index in [2.05, 4.69) is 26.0 Å². The first-order valence-electron chi connectivity index (χ1n) is 13.5. The van der Waals surface area contributed by atoms with Crippen molar-refractivity contribution in [3.05, 3.63) is 35.1 Å². The summed E-state index contributed by atoms with van der Waals surface area (Å²) in [5.74, 6) is -0.301. The van der Waals surface area contributed by atoms with Gasteiger partial charge in [0.15, 0.2) is 0 Å². The number of aliphatic imine (C=N–C) groups is 1. The van der Waals surface area contributed by atoms with Gasteiger partial charge in [-0.05, 0) is 69.9 Å². The van der Waals surface area contributed by atoms with Crippen LogP contribution in [0.1, 0.15) is 87.0 Å². The number of fused-ring (bicyclic) bond motifs is 1. The largest absolute Gasteiger partial charge is 0.457 e. The smallest absolute Gasteiger partial charge is 0.309 e. The fourth-order valence-electron chi connectivity index (χ4n) is 5.46. The molecule has 6 nitrogen and oxygen atoms in total. The summed E-state index contributed by atoms with van der Waals surface area (Å²) in [6, 6.07) is 0. The number of ketones is 1. The van der Waals surface area contributed by atoms with Crippen LogP contribution in [0.25, 0.3) is 0 Å². The molecule has 0 aromatic carbocycles. The van der Waals surface area contributed by atoms with Crippen LogP contribution in [-0.2, 0) is 14.3 Å². The van der Waals surface area contributed by atoms with E-state index in [0.29, 0.717) is 18.3 Å². The van der Waals surface area contributed by atoms with Crippen LogP contribution in [-0.4, -0.2) is 46.0 Å². The highest BCUT2D eigenvalue weighted by Gasteiger charge is 2.42. The Hall–Kier alpha value is -2.05. The van der Waals surface area contributed by atoms with Crippen molar-refractivity contribution in [2.45, 2.75) is 105 Å². The molecule has 3 rings (SSSR count). The average molecular weight is 500 g/mol. The van der Waals surface area contributed by atoms with Crippen LogP contribution in [0, 0.1) is 29.1 Å². The third-order valence-corrected chi connectivity index (χ3v) is 8.47. The van der Waals surface area contributed by atoms with Crippen LogP contribution in [0.4, 0.5) is 0 Å². The Morgan fingerprint density at radius 3 is 2.56 bits per heavy atom. The molecule has 0 saturated heterocycles. The van der Waals surface area contributed by atoms with E-state index in [4.69, 9.17) is 9.73 Å². The molecule has 1 fully saturated rings. The number of carbonyl (C=O) groups excluding carboxylic acids is 2. The summed E-state index contributed by atoms with van der Waals surface area (Å²) in [7, 11) is 0. The van der Waals surface area contributed by atoms with Crippen molar-refractivity contribution in [1.29, 1.82) is 0 Å². The number of aliphatic hydroxyl groups excluding tert-OH is 2. The second-order valence-electron chi connectivity index (χ2n) is 12.0. The molecule has 2 N–H and O–H groups in total. The molecule has 0 radical (unpaired) electrons. The highest BCUT2D eigenvalue weighted by Crippen LogP contribution is 2.44. The van der Waals surface area contributed by atoms with Gasteiger partial charge in [0, 0.05) is 24.0 Å². The number of cyclic esters (lactones) is 1. The van der Waals surface area contributed by atoms with Gasteiger partial charge >= 0.3 is 5.97 Å². The van der Waals surface area contributed by atoms with Gasteiger partial charge in [0.1, 0.15) is 11.9 Å². The molecule has 7 atom stereocenters. The fourth-order valence-corrected chi connectivity index (χ4v) is 5.46. The summed E-state index contributed by atoms with van der Waals surface area (Å²) in [5, 5.41) is 21.7. The van der Waals surface area contributed by atoms with Gasteiger partial charge in [-0.3, -0.25) is 14.6 Å². The third-order valence-electron chi connectivity index (χ3n) is 8.47. The number of hydrogen-bond acceptors (Lipinski definition) is 6. The summed E-state index contributed by atoms with van der Waals surface area (Å²) in [6.07, 6.45) is 7.85. The highest BCUT2D eigenvalue weighted by atomic mass is 16.5. The second-order valence-corrected chi connectivity index (χ2v) is 12.0. The van der Waals surface area contributed by atoms with E-state index in [1.807, 2.05) is 19.9 Å². The number of Topliss-reactive ketones (excluding diaryl/α,β-unsaturated/α-hetero) is 1. The molecule has 0 amide bonds. The lowest BCUT2D eigenvalue weighted by Gasteiger charge is -2.34. The Morgan fingerprint density at radius 1 is 1.19 bits per heavy atom. The van der Waals surface area contributed by atoms with Gasteiger partial charge in [-0.15, -0.1) is 0 Å². The molecular weight excluding hydrogens is 454 g/mol. The Kier molecular flexibility index (Phi) is 9.16. The van der Waals surface area contributed by atoms with Crippen LogP contribution >= 0.6 is 0 Å². The van der Waals surface area contributed by atoms with E-state index < -0.39 is 35.6 Å². The zero-order chi connectivity index (χ0) is 26.8. The first kappa shape index (κ1) is 28.5. The molecule has 2 aliphatic heterocycles. The second kappa shape index (κ2) is 11.6. The minimum absolute atomic E-state index is 0.0423.